The van der Waals surface area contributed by atoms with Crippen molar-refractivity contribution in [3.63, 3.8) is 0 Å². The molecule has 0 spiro atoms. The fourth-order valence-electron chi connectivity index (χ4n) is 6.80. The summed E-state index contributed by atoms with van der Waals surface area (Å²) < 4.78 is 5.50. The number of rotatable bonds is 9. The van der Waals surface area contributed by atoms with E-state index in [-0.39, 0.29) is 53.7 Å². The van der Waals surface area contributed by atoms with Gasteiger partial charge in [0, 0.05) is 41.3 Å². The molecule has 3 amide bonds. The number of nitrogens with zero attached hydrogens (tertiary/aromatic N) is 3. The number of amides is 3. The highest BCUT2D eigenvalue weighted by molar-refractivity contribution is 6.31. The highest BCUT2D eigenvalue weighted by atomic mass is 35.5. The minimum absolute atomic E-state index is 0.00794. The van der Waals surface area contributed by atoms with Gasteiger partial charge in [-0.2, -0.15) is 0 Å². The van der Waals surface area contributed by atoms with Gasteiger partial charge in [0.05, 0.1) is 30.5 Å². The number of fused-ring (bicyclic) bond motifs is 1. The van der Waals surface area contributed by atoms with Crippen molar-refractivity contribution in [3.05, 3.63) is 123 Å². The number of halogens is 1. The highest BCUT2D eigenvalue weighted by Gasteiger charge is 2.32. The molecule has 0 radical (unpaired) electrons. The summed E-state index contributed by atoms with van der Waals surface area (Å²) >= 11 is 6.19. The van der Waals surface area contributed by atoms with E-state index in [1.165, 1.54) is 23.1 Å². The van der Waals surface area contributed by atoms with Gasteiger partial charge in [0.2, 0.25) is 5.91 Å². The van der Waals surface area contributed by atoms with Gasteiger partial charge in [-0.1, -0.05) is 48.0 Å². The van der Waals surface area contributed by atoms with Crippen LogP contribution in [0.3, 0.4) is 0 Å². The Morgan fingerprint density at radius 3 is 2.43 bits per heavy atom. The van der Waals surface area contributed by atoms with Crippen LogP contribution in [0.5, 0.6) is 11.5 Å². The Morgan fingerprint density at radius 2 is 1.75 bits per heavy atom. The van der Waals surface area contributed by atoms with Crippen LogP contribution >= 0.6 is 11.6 Å². The summed E-state index contributed by atoms with van der Waals surface area (Å²) in [5.74, 6) is -0.666. The number of carbonyl (C=O) groups is 3. The summed E-state index contributed by atoms with van der Waals surface area (Å²) in [5.41, 5.74) is 10.1. The lowest BCUT2D eigenvalue weighted by atomic mass is 9.88. The number of nitrogens with two attached hydrogens (primary N) is 1. The minimum Gasteiger partial charge on any atom is -0.507 e. The Labute approximate surface area is 312 Å². The number of aliphatic imine (C=N–C) groups is 1. The molecule has 2 aliphatic heterocycles. The Balaban J connectivity index is 1.13. The van der Waals surface area contributed by atoms with Gasteiger partial charge in [-0.25, -0.2) is 0 Å². The van der Waals surface area contributed by atoms with E-state index in [0.29, 0.717) is 46.4 Å². The highest BCUT2D eigenvalue weighted by Crippen LogP contribution is 2.34. The molecular weight excluding hydrogens is 694 g/mol. The number of phenols is 1. The molecule has 0 saturated carbocycles. The van der Waals surface area contributed by atoms with Crippen molar-refractivity contribution in [1.29, 1.82) is 10.8 Å². The number of aromatic hydroxyl groups is 1. The molecule has 53 heavy (non-hydrogen) atoms. The number of ether oxygens (including phenoxy) is 1. The molecule has 0 aliphatic carbocycles. The number of piperidine rings is 1. The van der Waals surface area contributed by atoms with E-state index in [1.807, 2.05) is 36.4 Å². The first-order valence-electron chi connectivity index (χ1n) is 17.2. The van der Waals surface area contributed by atoms with E-state index < -0.39 is 11.9 Å². The molecule has 0 aromatic heterocycles. The number of hydrogen-bond acceptors (Lipinski definition) is 8. The van der Waals surface area contributed by atoms with E-state index >= 15 is 0 Å². The van der Waals surface area contributed by atoms with Crippen molar-refractivity contribution in [3.8, 4) is 11.5 Å². The maximum absolute atomic E-state index is 13.5. The average molecular weight is 734 g/mol. The second-order valence-corrected chi connectivity index (χ2v) is 13.5. The minimum atomic E-state index is -0.887. The van der Waals surface area contributed by atoms with Gasteiger partial charge < -0.3 is 25.8 Å². The molecule has 6 N–H and O–H groups in total. The number of hydrogen-bond donors (Lipinski definition) is 5. The number of benzene rings is 4. The molecule has 4 aromatic rings. The normalized spacial score (nSPS) is 15.9. The number of likely N-dealkylation sites (tertiary alicyclic amines) is 1. The maximum Gasteiger partial charge on any atom is 0.253 e. The van der Waals surface area contributed by atoms with Crippen LogP contribution in [0.2, 0.25) is 5.02 Å². The first-order valence-corrected chi connectivity index (χ1v) is 17.5. The third-order valence-electron chi connectivity index (χ3n) is 9.58. The molecule has 1 fully saturated rings. The van der Waals surface area contributed by atoms with Gasteiger partial charge >= 0.3 is 0 Å². The summed E-state index contributed by atoms with van der Waals surface area (Å²) in [4.78, 5) is 46.5. The maximum atomic E-state index is 13.5. The predicted octanol–water partition coefficient (Wildman–Crippen LogP) is 5.88. The summed E-state index contributed by atoms with van der Waals surface area (Å²) in [6.07, 6.45) is 1.35. The number of carbonyl (C=O) groups excluding carboxylic acids is 3. The van der Waals surface area contributed by atoms with E-state index in [9.17, 15) is 19.5 Å². The molecule has 4 aromatic carbocycles. The van der Waals surface area contributed by atoms with Gasteiger partial charge in [-0.3, -0.25) is 35.1 Å². The first kappa shape index (κ1) is 36.8. The van der Waals surface area contributed by atoms with Crippen LogP contribution in [0, 0.1) is 10.8 Å². The Hall–Kier alpha value is -6.01. The molecule has 1 saturated heterocycles. The van der Waals surface area contributed by atoms with Crippen LogP contribution in [0.25, 0.3) is 0 Å². The van der Waals surface area contributed by atoms with E-state index in [2.05, 4.69) is 11.4 Å². The quantitative estimate of drug-likeness (QED) is 0.106. The lowest BCUT2D eigenvalue weighted by Crippen LogP contribution is -2.42. The fourth-order valence-corrected chi connectivity index (χ4v) is 6.93. The molecule has 12 nitrogen and oxygen atoms in total. The van der Waals surface area contributed by atoms with Crippen LogP contribution in [-0.2, 0) is 11.3 Å². The van der Waals surface area contributed by atoms with Gasteiger partial charge in [0.25, 0.3) is 11.8 Å². The SMILES string of the molecule is COc1ccc2c(c1)C(c1ccc(Cl)cc1)=N[C@@H](CC(=O)NCc1cccc(C3CCN(C(=O)c4ccc(O)c(C(N)=O)c4)CC3)c1)C(=N)N2C(C)=N. The van der Waals surface area contributed by atoms with Crippen molar-refractivity contribution in [2.45, 2.75) is 44.7 Å². The monoisotopic (exact) mass is 733 g/mol. The van der Waals surface area contributed by atoms with Crippen LogP contribution in [0.1, 0.15) is 75.1 Å². The van der Waals surface area contributed by atoms with E-state index in [0.717, 1.165) is 29.5 Å². The zero-order valence-corrected chi connectivity index (χ0v) is 30.1. The van der Waals surface area contributed by atoms with Crippen LogP contribution in [-0.4, -0.2) is 71.4 Å². The van der Waals surface area contributed by atoms with Crippen LogP contribution in [0.4, 0.5) is 5.69 Å². The summed E-state index contributed by atoms with van der Waals surface area (Å²) in [5, 5.41) is 31.2. The molecule has 0 unspecified atom stereocenters. The van der Waals surface area contributed by atoms with Crippen molar-refractivity contribution in [2.75, 3.05) is 25.1 Å². The van der Waals surface area contributed by atoms with Crippen molar-refractivity contribution >= 4 is 52.4 Å². The summed E-state index contributed by atoms with van der Waals surface area (Å²) in [6.45, 7) is 2.90. The standard InChI is InChI=1S/C40H40ClN7O5/c1-23(42)48-34-12-11-30(53-2)20-31(34)37(26-6-9-29(41)10-7-26)46-33(38(48)43)21-36(50)45-22-24-4-3-5-27(18-24)25-14-16-47(17-15-25)40(52)28-8-13-35(49)32(19-28)39(44)51/h3-13,18-20,25,33,42-43,49H,14-17,21-22H2,1-2H3,(H2,44,51)(H,45,50)/t33-/m0/s1. The van der Waals surface area contributed by atoms with Gasteiger partial charge in [0.1, 0.15) is 29.2 Å². The molecule has 1 atom stereocenters. The number of nitrogens with one attached hydrogen (secondary N) is 3. The molecule has 272 valence electrons. The number of benzodiazepines with no additional fused rings is 1. The molecule has 6 rings (SSSR count). The van der Waals surface area contributed by atoms with Crippen molar-refractivity contribution in [1.82, 2.24) is 10.2 Å². The molecular formula is C40H40ClN7O5. The van der Waals surface area contributed by atoms with Gasteiger partial charge in [-0.15, -0.1) is 0 Å². The third-order valence-corrected chi connectivity index (χ3v) is 9.83. The summed E-state index contributed by atoms with van der Waals surface area (Å²) in [7, 11) is 1.57. The van der Waals surface area contributed by atoms with Crippen LogP contribution in [0.15, 0.2) is 89.9 Å². The average Bonchev–Trinajstić information content (AvgIpc) is 3.27. The van der Waals surface area contributed by atoms with Crippen LogP contribution < -0.4 is 20.7 Å². The zero-order chi connectivity index (χ0) is 37.8. The van der Waals surface area contributed by atoms with Gasteiger partial charge in [-0.05, 0) is 85.3 Å². The lowest BCUT2D eigenvalue weighted by molar-refractivity contribution is -0.121. The number of anilines is 1. The lowest BCUT2D eigenvalue weighted by Gasteiger charge is -2.32. The summed E-state index contributed by atoms with van der Waals surface area (Å²) in [6, 6.07) is 23.8. The van der Waals surface area contributed by atoms with Gasteiger partial charge in [0.15, 0.2) is 0 Å². The third kappa shape index (κ3) is 8.07. The Bertz CT molecular complexity index is 2130. The largest absolute Gasteiger partial charge is 0.507 e. The van der Waals surface area contributed by atoms with Crippen molar-refractivity contribution in [2.24, 2.45) is 10.7 Å². The molecule has 0 bridgehead atoms. The second kappa shape index (κ2) is 15.7. The van der Waals surface area contributed by atoms with E-state index in [1.54, 1.807) is 43.2 Å². The first-order chi connectivity index (χ1) is 25.4. The number of primary amides is 1. The molecule has 2 heterocycles. The van der Waals surface area contributed by atoms with Crippen molar-refractivity contribution < 1.29 is 24.2 Å². The topological polar surface area (TPSA) is 185 Å². The number of methoxy groups -OCH3 is 1. The smallest absolute Gasteiger partial charge is 0.253 e. The molecule has 13 heteroatoms. The Morgan fingerprint density at radius 1 is 1.02 bits per heavy atom. The second-order valence-electron chi connectivity index (χ2n) is 13.1. The fraction of sp³-hybridized carbons (Fsp3) is 0.250. The Kier molecular flexibility index (Phi) is 10.9. The molecule has 2 aliphatic rings. The number of amidine groups is 2. The zero-order valence-electron chi connectivity index (χ0n) is 29.4. The predicted molar refractivity (Wildman–Crippen MR) is 205 cm³/mol. The van der Waals surface area contributed by atoms with E-state index in [4.69, 9.17) is 37.9 Å².